The fraction of sp³-hybridized carbons (Fsp3) is 0.138. The van der Waals surface area contributed by atoms with E-state index in [-0.39, 0.29) is 37.9 Å². The van der Waals surface area contributed by atoms with Crippen molar-refractivity contribution >= 4 is 69.6 Å². The molecule has 2 amide bonds. The molecule has 4 aromatic rings. The van der Waals surface area contributed by atoms with E-state index >= 15 is 0 Å². The van der Waals surface area contributed by atoms with Crippen LogP contribution in [0.3, 0.4) is 0 Å². The molecular formula is C29H21Cl4N3O3. The third-order valence-corrected chi connectivity index (χ3v) is 7.68. The largest absolute Gasteiger partial charge is 0.471 e. The van der Waals surface area contributed by atoms with Gasteiger partial charge in [-0.25, -0.2) is 9.88 Å². The van der Waals surface area contributed by atoms with Gasteiger partial charge in [-0.2, -0.15) is 0 Å². The molecule has 1 unspecified atom stereocenters. The molecule has 6 nitrogen and oxygen atoms in total. The Kier molecular flexibility index (Phi) is 8.01. The predicted molar refractivity (Wildman–Crippen MR) is 156 cm³/mol. The molecule has 1 aromatic heterocycles. The van der Waals surface area contributed by atoms with Crippen molar-refractivity contribution in [3.63, 3.8) is 0 Å². The number of rotatable bonds is 8. The van der Waals surface area contributed by atoms with Crippen molar-refractivity contribution in [2.75, 3.05) is 10.2 Å². The lowest BCUT2D eigenvalue weighted by molar-refractivity contribution is 0.0926. The number of ether oxygens (including phenoxy) is 1. The van der Waals surface area contributed by atoms with Crippen LogP contribution in [0.5, 0.6) is 5.75 Å². The Bertz CT molecular complexity index is 1520. The second-order valence-electron chi connectivity index (χ2n) is 8.97. The number of benzene rings is 3. The van der Waals surface area contributed by atoms with Gasteiger partial charge in [0.15, 0.2) is 16.5 Å². The van der Waals surface area contributed by atoms with E-state index in [9.17, 15) is 9.59 Å². The van der Waals surface area contributed by atoms with Crippen LogP contribution in [0.4, 0.5) is 11.4 Å². The molecule has 0 saturated carbocycles. The summed E-state index contributed by atoms with van der Waals surface area (Å²) in [6.07, 6.45) is 0.522. The molecule has 0 radical (unpaired) electrons. The molecule has 5 rings (SSSR count). The van der Waals surface area contributed by atoms with Crippen molar-refractivity contribution < 1.29 is 14.3 Å². The first kappa shape index (κ1) is 27.3. The molecule has 0 spiro atoms. The van der Waals surface area contributed by atoms with Gasteiger partial charge in [0.25, 0.3) is 11.8 Å². The average Bonchev–Trinajstić information content (AvgIpc) is 3.18. The molecule has 0 aliphatic carbocycles. The number of imide groups is 1. The van der Waals surface area contributed by atoms with E-state index in [0.717, 1.165) is 16.0 Å². The molecule has 1 aliphatic heterocycles. The summed E-state index contributed by atoms with van der Waals surface area (Å²) in [5.74, 6) is -0.332. The van der Waals surface area contributed by atoms with Gasteiger partial charge >= 0.3 is 0 Å². The smallest absolute Gasteiger partial charge is 0.266 e. The molecular weight excluding hydrogens is 580 g/mol. The second-order valence-corrected chi connectivity index (χ2v) is 10.4. The molecule has 0 bridgehead atoms. The zero-order chi connectivity index (χ0) is 27.7. The minimum atomic E-state index is -0.647. The number of fused-ring (bicyclic) bond motifs is 1. The van der Waals surface area contributed by atoms with Gasteiger partial charge in [0.2, 0.25) is 0 Å². The third kappa shape index (κ3) is 5.70. The van der Waals surface area contributed by atoms with E-state index in [4.69, 9.17) is 51.1 Å². The highest BCUT2D eigenvalue weighted by atomic mass is 35.5. The van der Waals surface area contributed by atoms with Crippen LogP contribution in [0.25, 0.3) is 0 Å². The third-order valence-electron chi connectivity index (χ3n) is 6.21. The minimum absolute atomic E-state index is 0.00107. The molecule has 198 valence electrons. The highest BCUT2D eigenvalue weighted by Crippen LogP contribution is 2.40. The summed E-state index contributed by atoms with van der Waals surface area (Å²) >= 11 is 25.1. The number of carbonyl (C=O) groups is 2. The van der Waals surface area contributed by atoms with Crippen molar-refractivity contribution in [3.05, 3.63) is 115 Å². The summed E-state index contributed by atoms with van der Waals surface area (Å²) in [4.78, 5) is 31.3. The van der Waals surface area contributed by atoms with Crippen LogP contribution < -0.4 is 15.0 Å². The Morgan fingerprint density at radius 3 is 2.05 bits per heavy atom. The number of nitrogens with one attached hydrogen (secondary N) is 1. The van der Waals surface area contributed by atoms with E-state index in [1.54, 1.807) is 36.4 Å². The number of hydrogen-bond acceptors (Lipinski definition) is 5. The molecule has 39 heavy (non-hydrogen) atoms. The van der Waals surface area contributed by atoms with Gasteiger partial charge in [0, 0.05) is 12.5 Å². The van der Waals surface area contributed by atoms with E-state index in [1.165, 1.54) is 0 Å². The SMILES string of the molecule is Cc1cc(OC(CCc2ccccc2)Nc2c(Cl)c(Cl)nc(Cl)c2Cl)cc(N2C(=O)c3ccccc3C2=O)c1. The average molecular weight is 601 g/mol. The number of carbonyl (C=O) groups excluding carboxylic acids is 2. The molecule has 0 saturated heterocycles. The Morgan fingerprint density at radius 1 is 0.846 bits per heavy atom. The first-order valence-electron chi connectivity index (χ1n) is 12.0. The van der Waals surface area contributed by atoms with Crippen molar-refractivity contribution in [3.8, 4) is 5.75 Å². The number of amides is 2. The van der Waals surface area contributed by atoms with E-state index in [0.29, 0.717) is 35.4 Å². The van der Waals surface area contributed by atoms with Crippen LogP contribution in [0.2, 0.25) is 20.4 Å². The maximum Gasteiger partial charge on any atom is 0.266 e. The van der Waals surface area contributed by atoms with Crippen molar-refractivity contribution in [2.24, 2.45) is 0 Å². The van der Waals surface area contributed by atoms with Gasteiger partial charge in [-0.15, -0.1) is 0 Å². The van der Waals surface area contributed by atoms with Gasteiger partial charge in [0.1, 0.15) is 15.8 Å². The quantitative estimate of drug-likeness (QED) is 0.125. The van der Waals surface area contributed by atoms with Gasteiger partial charge in [0.05, 0.1) is 22.5 Å². The first-order valence-corrected chi connectivity index (χ1v) is 13.5. The maximum absolute atomic E-state index is 13.1. The lowest BCUT2D eigenvalue weighted by Gasteiger charge is -2.24. The summed E-state index contributed by atoms with van der Waals surface area (Å²) in [7, 11) is 0. The normalized spacial score (nSPS) is 13.4. The molecule has 10 heteroatoms. The van der Waals surface area contributed by atoms with Crippen LogP contribution in [0.15, 0.2) is 72.8 Å². The predicted octanol–water partition coefficient (Wildman–Crippen LogP) is 8.25. The topological polar surface area (TPSA) is 71.5 Å². The lowest BCUT2D eigenvalue weighted by Crippen LogP contribution is -2.30. The molecule has 1 N–H and O–H groups in total. The number of aryl methyl sites for hydroxylation is 2. The van der Waals surface area contributed by atoms with Gasteiger partial charge in [-0.05, 0) is 48.7 Å². The number of aromatic nitrogens is 1. The van der Waals surface area contributed by atoms with Crippen molar-refractivity contribution in [1.82, 2.24) is 4.98 Å². The molecule has 2 heterocycles. The summed E-state index contributed by atoms with van der Waals surface area (Å²) in [6, 6.07) is 21.9. The zero-order valence-electron chi connectivity index (χ0n) is 20.6. The van der Waals surface area contributed by atoms with E-state index < -0.39 is 6.23 Å². The van der Waals surface area contributed by atoms with Gasteiger partial charge in [-0.1, -0.05) is 88.9 Å². The van der Waals surface area contributed by atoms with Crippen molar-refractivity contribution in [1.29, 1.82) is 0 Å². The second kappa shape index (κ2) is 11.4. The van der Waals surface area contributed by atoms with Crippen LogP contribution in [0, 0.1) is 6.92 Å². The monoisotopic (exact) mass is 599 g/mol. The highest BCUT2D eigenvalue weighted by Gasteiger charge is 2.36. The number of hydrogen-bond donors (Lipinski definition) is 1. The van der Waals surface area contributed by atoms with Crippen LogP contribution >= 0.6 is 46.4 Å². The summed E-state index contributed by atoms with van der Waals surface area (Å²) in [6.45, 7) is 1.86. The Balaban J connectivity index is 1.46. The van der Waals surface area contributed by atoms with Crippen LogP contribution in [0.1, 0.15) is 38.3 Å². The fourth-order valence-electron chi connectivity index (χ4n) is 4.39. The molecule has 1 atom stereocenters. The van der Waals surface area contributed by atoms with E-state index in [2.05, 4.69) is 10.3 Å². The maximum atomic E-state index is 13.1. The number of anilines is 2. The van der Waals surface area contributed by atoms with E-state index in [1.807, 2.05) is 43.3 Å². The highest BCUT2D eigenvalue weighted by molar-refractivity contribution is 6.48. The lowest BCUT2D eigenvalue weighted by atomic mass is 10.1. The van der Waals surface area contributed by atoms with Crippen LogP contribution in [-0.4, -0.2) is 23.0 Å². The fourth-order valence-corrected chi connectivity index (χ4v) is 5.22. The standard InChI is InChI=1S/C29H21Cl4N3O3/c1-16-13-18(36-28(37)20-9-5-6-10-21(20)29(36)38)15-19(14-16)39-22(12-11-17-7-3-2-4-8-17)34-25-23(30)26(32)35-27(33)24(25)31/h2-10,13-15,22H,11-12H2,1H3,(H,34,35). The number of halogens is 4. The van der Waals surface area contributed by atoms with Gasteiger partial charge in [-0.3, -0.25) is 9.59 Å². The van der Waals surface area contributed by atoms with Crippen molar-refractivity contribution in [2.45, 2.75) is 26.0 Å². The minimum Gasteiger partial charge on any atom is -0.471 e. The zero-order valence-corrected chi connectivity index (χ0v) is 23.6. The molecule has 0 fully saturated rings. The Labute approximate surface area is 245 Å². The number of pyridine rings is 1. The van der Waals surface area contributed by atoms with Crippen LogP contribution in [-0.2, 0) is 6.42 Å². The molecule has 1 aliphatic rings. The Hall–Kier alpha value is -3.29. The summed E-state index contributed by atoms with van der Waals surface area (Å²) < 4.78 is 6.37. The summed E-state index contributed by atoms with van der Waals surface area (Å²) in [5.41, 5.74) is 3.33. The Morgan fingerprint density at radius 2 is 1.44 bits per heavy atom. The summed E-state index contributed by atoms with van der Waals surface area (Å²) in [5, 5.41) is 3.43. The van der Waals surface area contributed by atoms with Gasteiger partial charge < -0.3 is 10.1 Å². The first-order chi connectivity index (χ1) is 18.7. The number of nitrogens with zero attached hydrogens (tertiary/aromatic N) is 2. The molecule has 3 aromatic carbocycles.